The zero-order valence-corrected chi connectivity index (χ0v) is 18.1. The molecule has 28 heavy (non-hydrogen) atoms. The molecule has 0 radical (unpaired) electrons. The van der Waals surface area contributed by atoms with Crippen LogP contribution >= 0.6 is 22.7 Å². The average Bonchev–Trinajstić information content (AvgIpc) is 3.27. The van der Waals surface area contributed by atoms with Crippen LogP contribution in [0.4, 0.5) is 5.00 Å². The molecule has 0 aliphatic carbocycles. The van der Waals surface area contributed by atoms with Gasteiger partial charge in [0.15, 0.2) is 0 Å². The summed E-state index contributed by atoms with van der Waals surface area (Å²) in [5, 5.41) is 8.08. The summed E-state index contributed by atoms with van der Waals surface area (Å²) in [6, 6.07) is 3.89. The summed E-state index contributed by atoms with van der Waals surface area (Å²) in [6.45, 7) is 6.81. The van der Waals surface area contributed by atoms with Crippen molar-refractivity contribution in [2.24, 2.45) is 0 Å². The van der Waals surface area contributed by atoms with Crippen molar-refractivity contribution in [1.82, 2.24) is 10.2 Å². The molecule has 0 atom stereocenters. The summed E-state index contributed by atoms with van der Waals surface area (Å²) in [5.74, 6) is -0.891. The summed E-state index contributed by atoms with van der Waals surface area (Å²) < 4.78 is 4.82. The molecule has 152 valence electrons. The molecule has 0 unspecified atom stereocenters. The number of nitrogens with zero attached hydrogens (tertiary/aromatic N) is 1. The highest BCUT2D eigenvalue weighted by atomic mass is 32.1. The maximum Gasteiger partial charge on any atom is 0.341 e. The van der Waals surface area contributed by atoms with Gasteiger partial charge < -0.3 is 15.4 Å². The number of hydrogen-bond donors (Lipinski definition) is 2. The lowest BCUT2D eigenvalue weighted by Crippen LogP contribution is -2.40. The van der Waals surface area contributed by atoms with Gasteiger partial charge in [-0.15, -0.1) is 22.7 Å². The van der Waals surface area contributed by atoms with Crippen molar-refractivity contribution in [2.45, 2.75) is 27.3 Å². The van der Waals surface area contributed by atoms with Crippen LogP contribution < -0.4 is 10.6 Å². The summed E-state index contributed by atoms with van der Waals surface area (Å²) in [5.41, 5.74) is 1.18. The Labute approximate surface area is 172 Å². The first-order valence-corrected chi connectivity index (χ1v) is 10.5. The van der Waals surface area contributed by atoms with Crippen LogP contribution in [0.3, 0.4) is 0 Å². The van der Waals surface area contributed by atoms with Gasteiger partial charge in [-0.2, -0.15) is 0 Å². The first kappa shape index (κ1) is 22.1. The van der Waals surface area contributed by atoms with E-state index < -0.39 is 5.97 Å². The minimum atomic E-state index is -0.475. The SMILES string of the molecule is CCN(CC(=O)NCc1cccs1)CC(=O)Nc1sc(C)c(C)c1C(=O)OC. The van der Waals surface area contributed by atoms with Gasteiger partial charge in [-0.3, -0.25) is 14.5 Å². The Morgan fingerprint density at radius 2 is 1.89 bits per heavy atom. The number of carbonyl (C=O) groups is 3. The summed E-state index contributed by atoms with van der Waals surface area (Å²) in [4.78, 5) is 40.4. The summed E-state index contributed by atoms with van der Waals surface area (Å²) in [7, 11) is 1.31. The van der Waals surface area contributed by atoms with E-state index >= 15 is 0 Å². The molecule has 0 aromatic carbocycles. The number of esters is 1. The number of methoxy groups -OCH3 is 1. The van der Waals surface area contributed by atoms with E-state index in [9.17, 15) is 14.4 Å². The van der Waals surface area contributed by atoms with Crippen LogP contribution in [0.15, 0.2) is 17.5 Å². The molecule has 2 amide bonds. The molecule has 0 aliphatic rings. The second-order valence-electron chi connectivity index (χ2n) is 6.19. The predicted molar refractivity (Wildman–Crippen MR) is 112 cm³/mol. The third kappa shape index (κ3) is 5.88. The van der Waals surface area contributed by atoms with E-state index in [1.807, 2.05) is 38.3 Å². The first-order valence-electron chi connectivity index (χ1n) is 8.85. The molecule has 2 aromatic rings. The van der Waals surface area contributed by atoms with Gasteiger partial charge in [0, 0.05) is 9.75 Å². The second kappa shape index (κ2) is 10.4. The average molecular weight is 424 g/mol. The lowest BCUT2D eigenvalue weighted by molar-refractivity contribution is -0.123. The molecule has 0 saturated heterocycles. The second-order valence-corrected chi connectivity index (χ2v) is 8.44. The highest BCUT2D eigenvalue weighted by Crippen LogP contribution is 2.32. The molecule has 2 rings (SSSR count). The molecule has 2 heterocycles. The van der Waals surface area contributed by atoms with E-state index in [-0.39, 0.29) is 24.9 Å². The van der Waals surface area contributed by atoms with Crippen molar-refractivity contribution in [3.05, 3.63) is 38.4 Å². The highest BCUT2D eigenvalue weighted by Gasteiger charge is 2.22. The molecule has 9 heteroatoms. The molecule has 0 spiro atoms. The molecule has 7 nitrogen and oxygen atoms in total. The van der Waals surface area contributed by atoms with E-state index in [2.05, 4.69) is 10.6 Å². The number of aryl methyl sites for hydroxylation is 1. The Kier molecular flexibility index (Phi) is 8.16. The van der Waals surface area contributed by atoms with E-state index in [1.165, 1.54) is 18.4 Å². The van der Waals surface area contributed by atoms with Crippen molar-refractivity contribution in [1.29, 1.82) is 0 Å². The normalized spacial score (nSPS) is 10.8. The van der Waals surface area contributed by atoms with E-state index in [4.69, 9.17) is 4.74 Å². The smallest absolute Gasteiger partial charge is 0.341 e. The van der Waals surface area contributed by atoms with Gasteiger partial charge in [0.05, 0.1) is 32.3 Å². The zero-order valence-electron chi connectivity index (χ0n) is 16.5. The van der Waals surface area contributed by atoms with Crippen molar-refractivity contribution < 1.29 is 19.1 Å². The quantitative estimate of drug-likeness (QED) is 0.606. The standard InChI is InChI=1S/C19H25N3O4S2/c1-5-22(10-15(23)20-9-14-7-6-8-27-14)11-16(24)21-18-17(19(25)26-4)12(2)13(3)28-18/h6-8H,5,9-11H2,1-4H3,(H,20,23)(H,21,24). The van der Waals surface area contributed by atoms with Crippen LogP contribution in [0.5, 0.6) is 0 Å². The van der Waals surface area contributed by atoms with Gasteiger partial charge in [-0.1, -0.05) is 13.0 Å². The molecule has 2 aromatic heterocycles. The minimum absolute atomic E-state index is 0.0551. The van der Waals surface area contributed by atoms with Crippen molar-refractivity contribution in [3.8, 4) is 0 Å². The largest absolute Gasteiger partial charge is 0.465 e. The Morgan fingerprint density at radius 3 is 2.50 bits per heavy atom. The topological polar surface area (TPSA) is 87.7 Å². The number of carbonyl (C=O) groups excluding carboxylic acids is 3. The highest BCUT2D eigenvalue weighted by molar-refractivity contribution is 7.16. The zero-order chi connectivity index (χ0) is 20.7. The Hall–Kier alpha value is -2.23. The van der Waals surface area contributed by atoms with Crippen LogP contribution in [0.25, 0.3) is 0 Å². The maximum absolute atomic E-state index is 12.5. The number of nitrogens with one attached hydrogen (secondary N) is 2. The molecule has 0 aliphatic heterocycles. The number of anilines is 1. The van der Waals surface area contributed by atoms with E-state index in [0.717, 1.165) is 15.3 Å². The molecule has 0 bridgehead atoms. The van der Waals surface area contributed by atoms with Crippen LogP contribution in [0.1, 0.15) is 32.6 Å². The van der Waals surface area contributed by atoms with Gasteiger partial charge in [0.1, 0.15) is 5.00 Å². The molecular weight excluding hydrogens is 398 g/mol. The van der Waals surface area contributed by atoms with Crippen LogP contribution in [0.2, 0.25) is 0 Å². The fourth-order valence-corrected chi connectivity index (χ4v) is 4.28. The fourth-order valence-electron chi connectivity index (χ4n) is 2.57. The monoisotopic (exact) mass is 423 g/mol. The summed E-state index contributed by atoms with van der Waals surface area (Å²) >= 11 is 2.92. The van der Waals surface area contributed by atoms with Gasteiger partial charge in [0.25, 0.3) is 0 Å². The van der Waals surface area contributed by atoms with Crippen molar-refractivity contribution in [2.75, 3.05) is 32.1 Å². The Morgan fingerprint density at radius 1 is 1.18 bits per heavy atom. The number of hydrogen-bond acceptors (Lipinski definition) is 7. The van der Waals surface area contributed by atoms with Gasteiger partial charge in [-0.05, 0) is 37.4 Å². The van der Waals surface area contributed by atoms with Crippen molar-refractivity contribution in [3.63, 3.8) is 0 Å². The number of thiophene rings is 2. The number of ether oxygens (including phenoxy) is 1. The number of rotatable bonds is 9. The third-order valence-corrected chi connectivity index (χ3v) is 6.25. The minimum Gasteiger partial charge on any atom is -0.465 e. The third-order valence-electron chi connectivity index (χ3n) is 4.25. The van der Waals surface area contributed by atoms with Gasteiger partial charge >= 0.3 is 5.97 Å². The molecule has 0 fully saturated rings. The fraction of sp³-hybridized carbons (Fsp3) is 0.421. The van der Waals surface area contributed by atoms with Crippen molar-refractivity contribution >= 4 is 45.5 Å². The van der Waals surface area contributed by atoms with E-state index in [1.54, 1.807) is 16.2 Å². The van der Waals surface area contributed by atoms with Gasteiger partial charge in [-0.25, -0.2) is 4.79 Å². The molecular formula is C19H25N3O4S2. The van der Waals surface area contributed by atoms with Crippen LogP contribution in [0, 0.1) is 13.8 Å². The lowest BCUT2D eigenvalue weighted by atomic mass is 10.1. The Balaban J connectivity index is 1.92. The van der Waals surface area contributed by atoms with Crippen LogP contribution in [-0.2, 0) is 20.9 Å². The maximum atomic E-state index is 12.5. The van der Waals surface area contributed by atoms with Crippen LogP contribution in [-0.4, -0.2) is 49.4 Å². The lowest BCUT2D eigenvalue weighted by Gasteiger charge is -2.19. The summed E-state index contributed by atoms with van der Waals surface area (Å²) in [6.07, 6.45) is 0. The number of likely N-dealkylation sites (N-methyl/N-ethyl adjacent to an activating group) is 1. The van der Waals surface area contributed by atoms with E-state index in [0.29, 0.717) is 23.7 Å². The Bertz CT molecular complexity index is 831. The molecule has 0 saturated carbocycles. The predicted octanol–water partition coefficient (Wildman–Crippen LogP) is 2.79. The van der Waals surface area contributed by atoms with Gasteiger partial charge in [0.2, 0.25) is 11.8 Å². The first-order chi connectivity index (χ1) is 13.3. The number of amides is 2. The molecule has 2 N–H and O–H groups in total.